The van der Waals surface area contributed by atoms with Gasteiger partial charge in [0, 0.05) is 32.0 Å². The number of benzene rings is 1. The van der Waals surface area contributed by atoms with Crippen molar-refractivity contribution in [3.8, 4) is 0 Å². The summed E-state index contributed by atoms with van der Waals surface area (Å²) in [4.78, 5) is 14.5. The lowest BCUT2D eigenvalue weighted by molar-refractivity contribution is -0.120. The summed E-state index contributed by atoms with van der Waals surface area (Å²) in [6.07, 6.45) is 3.24. The molecule has 24 heavy (non-hydrogen) atoms. The second kappa shape index (κ2) is 6.37. The van der Waals surface area contributed by atoms with Gasteiger partial charge in [0.1, 0.15) is 10.9 Å². The number of likely N-dealkylation sites (N-methyl/N-ethyl adjacent to an activating group) is 1. The summed E-state index contributed by atoms with van der Waals surface area (Å²) in [6.45, 7) is 2.48. The molecule has 1 unspecified atom stereocenters. The first-order valence-electron chi connectivity index (χ1n) is 7.82. The molecule has 1 amide bonds. The number of anilines is 1. The molecule has 2 heterocycles. The Morgan fingerprint density at radius 2 is 2.00 bits per heavy atom. The van der Waals surface area contributed by atoms with Gasteiger partial charge in [-0.15, -0.1) is 0 Å². The monoisotopic (exact) mass is 348 g/mol. The fraction of sp³-hybridized carbons (Fsp3) is 0.375. The molecule has 1 atom stereocenters. The number of hydrogen-bond donors (Lipinski definition) is 0. The number of amides is 1. The van der Waals surface area contributed by atoms with Gasteiger partial charge in [0.05, 0.1) is 6.20 Å². The summed E-state index contributed by atoms with van der Waals surface area (Å²) in [5, 5.41) is 3.92. The van der Waals surface area contributed by atoms with Gasteiger partial charge in [0.15, 0.2) is 0 Å². The molecular weight excluding hydrogens is 328 g/mol. The SMILES string of the molecule is CCN(C1CCN(c2ccccc2)C1=O)S(=O)(=O)c1cnn(C)c1. The highest BCUT2D eigenvalue weighted by atomic mass is 32.2. The van der Waals surface area contributed by atoms with Crippen molar-refractivity contribution in [2.24, 2.45) is 7.05 Å². The van der Waals surface area contributed by atoms with E-state index in [-0.39, 0.29) is 17.3 Å². The van der Waals surface area contributed by atoms with E-state index >= 15 is 0 Å². The summed E-state index contributed by atoms with van der Waals surface area (Å²) in [7, 11) is -2.09. The maximum absolute atomic E-state index is 12.9. The largest absolute Gasteiger partial charge is 0.311 e. The van der Waals surface area contributed by atoms with Crippen LogP contribution in [0.4, 0.5) is 5.69 Å². The summed E-state index contributed by atoms with van der Waals surface area (Å²) in [5.41, 5.74) is 0.792. The maximum Gasteiger partial charge on any atom is 0.246 e. The van der Waals surface area contributed by atoms with Crippen LogP contribution in [0.25, 0.3) is 0 Å². The topological polar surface area (TPSA) is 75.5 Å². The van der Waals surface area contributed by atoms with Crippen LogP contribution in [-0.4, -0.2) is 47.5 Å². The van der Waals surface area contributed by atoms with Gasteiger partial charge in [-0.3, -0.25) is 9.48 Å². The Hall–Kier alpha value is -2.19. The molecule has 1 aliphatic heterocycles. The van der Waals surface area contributed by atoms with Gasteiger partial charge in [-0.2, -0.15) is 9.40 Å². The van der Waals surface area contributed by atoms with Crippen LogP contribution in [0.3, 0.4) is 0 Å². The van der Waals surface area contributed by atoms with Gasteiger partial charge < -0.3 is 4.90 Å². The van der Waals surface area contributed by atoms with Crippen molar-refractivity contribution in [2.45, 2.75) is 24.3 Å². The van der Waals surface area contributed by atoms with E-state index in [1.807, 2.05) is 30.3 Å². The number of sulfonamides is 1. The van der Waals surface area contributed by atoms with Crippen molar-refractivity contribution in [3.63, 3.8) is 0 Å². The molecule has 1 aromatic heterocycles. The predicted octanol–water partition coefficient (Wildman–Crippen LogP) is 1.24. The van der Waals surface area contributed by atoms with Crippen molar-refractivity contribution in [3.05, 3.63) is 42.7 Å². The minimum Gasteiger partial charge on any atom is -0.311 e. The van der Waals surface area contributed by atoms with Crippen LogP contribution in [-0.2, 0) is 21.9 Å². The average molecular weight is 348 g/mol. The highest BCUT2D eigenvalue weighted by Gasteiger charge is 2.41. The molecule has 0 saturated carbocycles. The summed E-state index contributed by atoms with van der Waals surface area (Å²) >= 11 is 0. The minimum atomic E-state index is -3.75. The quantitative estimate of drug-likeness (QED) is 0.815. The fourth-order valence-electron chi connectivity index (χ4n) is 3.02. The minimum absolute atomic E-state index is 0.109. The number of nitrogens with zero attached hydrogens (tertiary/aromatic N) is 4. The standard InChI is InChI=1S/C16H20N4O3S/c1-3-20(24(22,23)14-11-17-18(2)12-14)15-9-10-19(16(15)21)13-7-5-4-6-8-13/h4-8,11-12,15H,3,9-10H2,1-2H3. The summed E-state index contributed by atoms with van der Waals surface area (Å²) in [6, 6.07) is 8.63. The van der Waals surface area contributed by atoms with Crippen LogP contribution in [0.15, 0.2) is 47.6 Å². The van der Waals surface area contributed by atoms with Gasteiger partial charge in [-0.05, 0) is 18.6 Å². The van der Waals surface area contributed by atoms with Crippen molar-refractivity contribution in [2.75, 3.05) is 18.0 Å². The highest BCUT2D eigenvalue weighted by Crippen LogP contribution is 2.27. The van der Waals surface area contributed by atoms with Crippen molar-refractivity contribution in [1.29, 1.82) is 0 Å². The molecule has 0 aliphatic carbocycles. The van der Waals surface area contributed by atoms with E-state index in [4.69, 9.17) is 0 Å². The van der Waals surface area contributed by atoms with Crippen LogP contribution in [0, 0.1) is 0 Å². The Labute approximate surface area is 141 Å². The fourth-order valence-corrected chi connectivity index (χ4v) is 4.63. The predicted molar refractivity (Wildman–Crippen MR) is 90.0 cm³/mol. The Bertz CT molecular complexity index is 832. The normalized spacial score (nSPS) is 18.5. The Morgan fingerprint density at radius 1 is 1.29 bits per heavy atom. The molecule has 0 N–H and O–H groups in total. The van der Waals surface area contributed by atoms with Crippen LogP contribution < -0.4 is 4.90 Å². The number of carbonyl (C=O) groups is 1. The van der Waals surface area contributed by atoms with Gasteiger partial charge in [0.2, 0.25) is 15.9 Å². The molecule has 1 aliphatic rings. The number of aryl methyl sites for hydroxylation is 1. The van der Waals surface area contributed by atoms with Gasteiger partial charge >= 0.3 is 0 Å². The summed E-state index contributed by atoms with van der Waals surface area (Å²) in [5.74, 6) is -0.185. The zero-order valence-electron chi connectivity index (χ0n) is 13.7. The van der Waals surface area contributed by atoms with Crippen molar-refractivity contribution in [1.82, 2.24) is 14.1 Å². The zero-order valence-corrected chi connectivity index (χ0v) is 14.5. The first kappa shape index (κ1) is 16.7. The number of aromatic nitrogens is 2. The van der Waals surface area contributed by atoms with Crippen LogP contribution in [0.2, 0.25) is 0 Å². The lowest BCUT2D eigenvalue weighted by atomic mass is 10.2. The highest BCUT2D eigenvalue weighted by molar-refractivity contribution is 7.89. The molecule has 1 fully saturated rings. The molecule has 3 rings (SSSR count). The van der Waals surface area contributed by atoms with Crippen LogP contribution in [0.5, 0.6) is 0 Å². The van der Waals surface area contributed by atoms with Crippen LogP contribution >= 0.6 is 0 Å². The van der Waals surface area contributed by atoms with Crippen molar-refractivity contribution < 1.29 is 13.2 Å². The summed E-state index contributed by atoms with van der Waals surface area (Å²) < 4.78 is 28.4. The smallest absolute Gasteiger partial charge is 0.246 e. The lowest BCUT2D eigenvalue weighted by Gasteiger charge is -2.25. The maximum atomic E-state index is 12.9. The molecule has 8 heteroatoms. The van der Waals surface area contributed by atoms with E-state index in [1.165, 1.54) is 21.4 Å². The molecular formula is C16H20N4O3S. The third-order valence-corrected chi connectivity index (χ3v) is 6.13. The van der Waals surface area contributed by atoms with E-state index in [0.717, 1.165) is 5.69 Å². The van der Waals surface area contributed by atoms with Gasteiger partial charge in [0.25, 0.3) is 0 Å². The van der Waals surface area contributed by atoms with E-state index in [9.17, 15) is 13.2 Å². The van der Waals surface area contributed by atoms with Gasteiger partial charge in [-0.25, -0.2) is 8.42 Å². The first-order valence-corrected chi connectivity index (χ1v) is 9.26. The Balaban J connectivity index is 1.88. The second-order valence-corrected chi connectivity index (χ2v) is 7.58. The number of rotatable bonds is 5. The molecule has 7 nitrogen and oxygen atoms in total. The molecule has 1 saturated heterocycles. The number of para-hydroxylation sites is 1. The van der Waals surface area contributed by atoms with Crippen LogP contribution in [0.1, 0.15) is 13.3 Å². The van der Waals surface area contributed by atoms with E-state index in [1.54, 1.807) is 18.9 Å². The number of hydrogen-bond acceptors (Lipinski definition) is 4. The molecule has 1 aromatic carbocycles. The molecule has 0 bridgehead atoms. The lowest BCUT2D eigenvalue weighted by Crippen LogP contribution is -2.45. The second-order valence-electron chi connectivity index (χ2n) is 5.69. The molecule has 2 aromatic rings. The number of carbonyl (C=O) groups excluding carboxylic acids is 1. The molecule has 0 spiro atoms. The van der Waals surface area contributed by atoms with Crippen molar-refractivity contribution >= 4 is 21.6 Å². The molecule has 128 valence electrons. The third-order valence-electron chi connectivity index (χ3n) is 4.19. The third kappa shape index (κ3) is 2.83. The van der Waals surface area contributed by atoms with Gasteiger partial charge in [-0.1, -0.05) is 25.1 Å². The van der Waals surface area contributed by atoms with E-state index in [0.29, 0.717) is 13.0 Å². The van der Waals surface area contributed by atoms with E-state index in [2.05, 4.69) is 5.10 Å². The molecule has 0 radical (unpaired) electrons. The average Bonchev–Trinajstić information content (AvgIpc) is 3.16. The Kier molecular flexibility index (Phi) is 4.42. The zero-order chi connectivity index (χ0) is 17.3. The Morgan fingerprint density at radius 3 is 2.58 bits per heavy atom. The first-order chi connectivity index (χ1) is 11.4. The van der Waals surface area contributed by atoms with E-state index < -0.39 is 16.1 Å².